The molecule has 0 fully saturated rings. The largest absolute Gasteiger partial charge is 1.00 e. The van der Waals surface area contributed by atoms with Crippen molar-refractivity contribution in [2.24, 2.45) is 0 Å². The molecule has 0 radical (unpaired) electrons. The van der Waals surface area contributed by atoms with E-state index in [-0.39, 0.29) is 12.4 Å². The van der Waals surface area contributed by atoms with E-state index in [9.17, 15) is 0 Å². The van der Waals surface area contributed by atoms with Crippen LogP contribution in [0.25, 0.3) is 10.8 Å². The predicted octanol–water partition coefficient (Wildman–Crippen LogP) is 1.30. The third kappa shape index (κ3) is 3.62. The normalized spacial score (nSPS) is 10.6. The number of benzene rings is 2. The van der Waals surface area contributed by atoms with Crippen molar-refractivity contribution in [2.75, 3.05) is 0 Å². The van der Waals surface area contributed by atoms with Crippen LogP contribution in [-0.2, 0) is 6.54 Å². The highest BCUT2D eigenvalue weighted by atomic mass is 35.5. The molecule has 21 heavy (non-hydrogen) atoms. The van der Waals surface area contributed by atoms with Gasteiger partial charge in [-0.2, -0.15) is 0 Å². The Bertz CT molecular complexity index is 717. The lowest BCUT2D eigenvalue weighted by molar-refractivity contribution is -0.687. The van der Waals surface area contributed by atoms with Gasteiger partial charge < -0.3 is 12.4 Å². The molecule has 1 heterocycles. The molecule has 2 heteroatoms. The van der Waals surface area contributed by atoms with Gasteiger partial charge in [0.15, 0.2) is 18.9 Å². The number of aromatic nitrogens is 1. The van der Waals surface area contributed by atoms with Crippen molar-refractivity contribution in [3.8, 4) is 0 Å². The second-order valence-corrected chi connectivity index (χ2v) is 5.64. The van der Waals surface area contributed by atoms with Gasteiger partial charge >= 0.3 is 0 Å². The summed E-state index contributed by atoms with van der Waals surface area (Å²) in [6, 6.07) is 19.6. The van der Waals surface area contributed by atoms with Crippen LogP contribution in [-0.4, -0.2) is 0 Å². The monoisotopic (exact) mass is 297 g/mol. The van der Waals surface area contributed by atoms with Gasteiger partial charge in [-0.25, -0.2) is 4.57 Å². The van der Waals surface area contributed by atoms with Crippen LogP contribution in [0.3, 0.4) is 0 Å². The minimum absolute atomic E-state index is 0. The summed E-state index contributed by atoms with van der Waals surface area (Å²) in [5, 5.41) is 2.58. The highest BCUT2D eigenvalue weighted by Crippen LogP contribution is 2.15. The van der Waals surface area contributed by atoms with E-state index >= 15 is 0 Å². The van der Waals surface area contributed by atoms with Gasteiger partial charge in [0.25, 0.3) is 0 Å². The molecule has 2 aromatic carbocycles. The van der Waals surface area contributed by atoms with E-state index in [0.29, 0.717) is 5.92 Å². The Labute approximate surface area is 132 Å². The quantitative estimate of drug-likeness (QED) is 0.642. The maximum atomic E-state index is 2.24. The van der Waals surface area contributed by atoms with Crippen LogP contribution in [0.5, 0.6) is 0 Å². The minimum Gasteiger partial charge on any atom is -1.00 e. The summed E-state index contributed by atoms with van der Waals surface area (Å²) in [7, 11) is 0. The van der Waals surface area contributed by atoms with Crippen molar-refractivity contribution in [1.29, 1.82) is 0 Å². The number of nitrogens with zero attached hydrogens (tertiary/aromatic N) is 1. The summed E-state index contributed by atoms with van der Waals surface area (Å²) in [5.41, 5.74) is 2.74. The molecule has 0 atom stereocenters. The topological polar surface area (TPSA) is 3.88 Å². The number of pyridine rings is 1. The van der Waals surface area contributed by atoms with Crippen molar-refractivity contribution in [3.05, 3.63) is 78.1 Å². The van der Waals surface area contributed by atoms with Crippen molar-refractivity contribution < 1.29 is 17.0 Å². The summed E-state index contributed by atoms with van der Waals surface area (Å²) < 4.78 is 2.24. The molecule has 0 amide bonds. The van der Waals surface area contributed by atoms with Gasteiger partial charge in [-0.1, -0.05) is 56.3 Å². The number of hydrogen-bond donors (Lipinski definition) is 0. The van der Waals surface area contributed by atoms with Crippen LogP contribution in [0.15, 0.2) is 67.0 Å². The Morgan fingerprint density at radius 1 is 0.857 bits per heavy atom. The summed E-state index contributed by atoms with van der Waals surface area (Å²) in [6.07, 6.45) is 4.37. The van der Waals surface area contributed by atoms with Crippen molar-refractivity contribution in [2.45, 2.75) is 26.3 Å². The van der Waals surface area contributed by atoms with E-state index in [0.717, 1.165) is 6.54 Å². The molecular weight excluding hydrogens is 278 g/mol. The number of fused-ring (bicyclic) bond motifs is 1. The second kappa shape index (κ2) is 6.73. The van der Waals surface area contributed by atoms with Crippen molar-refractivity contribution in [1.82, 2.24) is 0 Å². The second-order valence-electron chi connectivity index (χ2n) is 5.64. The maximum Gasteiger partial charge on any atom is 0.176 e. The molecule has 0 saturated carbocycles. The summed E-state index contributed by atoms with van der Waals surface area (Å²) in [5.74, 6) is 0.595. The van der Waals surface area contributed by atoms with Crippen molar-refractivity contribution >= 4 is 10.8 Å². The molecule has 0 aliphatic rings. The van der Waals surface area contributed by atoms with Crippen LogP contribution >= 0.6 is 0 Å². The van der Waals surface area contributed by atoms with Gasteiger partial charge in [0.1, 0.15) is 0 Å². The molecule has 0 aliphatic heterocycles. The van der Waals surface area contributed by atoms with Crippen LogP contribution in [0, 0.1) is 0 Å². The molecule has 0 N–H and O–H groups in total. The number of rotatable bonds is 3. The zero-order valence-electron chi connectivity index (χ0n) is 12.5. The Morgan fingerprint density at radius 2 is 1.52 bits per heavy atom. The van der Waals surface area contributed by atoms with Gasteiger partial charge in [0, 0.05) is 17.0 Å². The molecule has 108 valence electrons. The minimum atomic E-state index is 0. The summed E-state index contributed by atoms with van der Waals surface area (Å²) in [4.78, 5) is 0. The Balaban J connectivity index is 0.00000161. The first kappa shape index (κ1) is 15.5. The first-order chi connectivity index (χ1) is 9.72. The molecule has 0 spiro atoms. The fraction of sp³-hybridized carbons (Fsp3) is 0.211. The van der Waals surface area contributed by atoms with E-state index in [1.807, 2.05) is 0 Å². The lowest BCUT2D eigenvalue weighted by Gasteiger charge is -2.05. The Kier molecular flexibility index (Phi) is 4.98. The van der Waals surface area contributed by atoms with Gasteiger partial charge in [0.2, 0.25) is 0 Å². The van der Waals surface area contributed by atoms with Crippen LogP contribution in [0.2, 0.25) is 0 Å². The van der Waals surface area contributed by atoms with Crippen LogP contribution in [0.1, 0.15) is 30.9 Å². The molecule has 3 rings (SSSR count). The van der Waals surface area contributed by atoms with E-state index < -0.39 is 0 Å². The summed E-state index contributed by atoms with van der Waals surface area (Å²) >= 11 is 0. The van der Waals surface area contributed by atoms with E-state index in [4.69, 9.17) is 0 Å². The molecule has 1 aromatic heterocycles. The van der Waals surface area contributed by atoms with Crippen molar-refractivity contribution in [3.63, 3.8) is 0 Å². The highest BCUT2D eigenvalue weighted by molar-refractivity contribution is 5.80. The van der Waals surface area contributed by atoms with E-state index in [2.05, 4.69) is 85.4 Å². The molecule has 0 aliphatic carbocycles. The molecule has 0 saturated heterocycles. The highest BCUT2D eigenvalue weighted by Gasteiger charge is 2.05. The lowest BCUT2D eigenvalue weighted by Crippen LogP contribution is -3.00. The van der Waals surface area contributed by atoms with Crippen LogP contribution < -0.4 is 17.0 Å². The Morgan fingerprint density at radius 3 is 2.19 bits per heavy atom. The molecule has 0 bridgehead atoms. The fourth-order valence-electron chi connectivity index (χ4n) is 2.50. The maximum absolute atomic E-state index is 2.24. The van der Waals surface area contributed by atoms with Crippen LogP contribution in [0.4, 0.5) is 0 Å². The van der Waals surface area contributed by atoms with E-state index in [1.165, 1.54) is 21.9 Å². The van der Waals surface area contributed by atoms with E-state index in [1.54, 1.807) is 0 Å². The third-order valence-electron chi connectivity index (χ3n) is 3.76. The third-order valence-corrected chi connectivity index (χ3v) is 3.76. The van der Waals surface area contributed by atoms with Gasteiger partial charge in [0.05, 0.1) is 0 Å². The molecule has 0 unspecified atom stereocenters. The molecule has 3 aromatic rings. The standard InChI is InChI=1S/C19H20N.ClH/c1-15(2)17-9-7-16(8-10-17)13-20-12-11-18-5-3-4-6-19(18)14-20;/h3-12,14-15H,13H2,1-2H3;1H/q+1;/p-1. The Hall–Kier alpha value is -1.86. The number of halogens is 1. The summed E-state index contributed by atoms with van der Waals surface area (Å²) in [6.45, 7) is 5.38. The number of hydrogen-bond acceptors (Lipinski definition) is 0. The smallest absolute Gasteiger partial charge is 0.176 e. The zero-order valence-corrected chi connectivity index (χ0v) is 13.2. The lowest BCUT2D eigenvalue weighted by atomic mass is 10.0. The van der Waals surface area contributed by atoms with Gasteiger partial charge in [-0.15, -0.1) is 0 Å². The average Bonchev–Trinajstić information content (AvgIpc) is 2.48. The predicted molar refractivity (Wildman–Crippen MR) is 83.8 cm³/mol. The molecule has 1 nitrogen and oxygen atoms in total. The van der Waals surface area contributed by atoms with Gasteiger partial charge in [-0.3, -0.25) is 0 Å². The van der Waals surface area contributed by atoms with Gasteiger partial charge in [-0.05, 0) is 22.9 Å². The fourth-order valence-corrected chi connectivity index (χ4v) is 2.50. The molecular formula is C19H20ClN. The SMILES string of the molecule is CC(C)c1ccc(C[n+]2ccc3ccccc3c2)cc1.[Cl-]. The first-order valence-corrected chi connectivity index (χ1v) is 7.19. The zero-order chi connectivity index (χ0) is 13.9. The first-order valence-electron chi connectivity index (χ1n) is 7.19. The average molecular weight is 298 g/mol.